The van der Waals surface area contributed by atoms with Crippen LogP contribution in [0.3, 0.4) is 0 Å². The summed E-state index contributed by atoms with van der Waals surface area (Å²) in [6.07, 6.45) is 8.65. The van der Waals surface area contributed by atoms with Crippen LogP contribution in [-0.4, -0.2) is 65.2 Å². The first-order valence-corrected chi connectivity index (χ1v) is 10.9. The van der Waals surface area contributed by atoms with Crippen LogP contribution in [0.25, 0.3) is 0 Å². The monoisotopic (exact) mass is 386 g/mol. The fourth-order valence-corrected chi connectivity index (χ4v) is 4.03. The van der Waals surface area contributed by atoms with Gasteiger partial charge in [0, 0.05) is 49.4 Å². The van der Waals surface area contributed by atoms with Gasteiger partial charge in [0.15, 0.2) is 0 Å². The van der Waals surface area contributed by atoms with Crippen LogP contribution in [-0.2, 0) is 17.8 Å². The number of hydrogen-bond acceptors (Lipinski definition) is 4. The molecule has 1 aliphatic heterocycles. The van der Waals surface area contributed by atoms with E-state index in [0.29, 0.717) is 12.3 Å². The molecule has 1 amide bonds. The minimum Gasteiger partial charge on any atom is -0.342 e. The van der Waals surface area contributed by atoms with Gasteiger partial charge in [0.1, 0.15) is 5.82 Å². The van der Waals surface area contributed by atoms with Crippen molar-refractivity contribution in [3.63, 3.8) is 0 Å². The minimum atomic E-state index is 0.225. The fourth-order valence-electron chi connectivity index (χ4n) is 3.62. The zero-order chi connectivity index (χ0) is 19.2. The summed E-state index contributed by atoms with van der Waals surface area (Å²) in [6.45, 7) is 3.57. The lowest BCUT2D eigenvalue weighted by Gasteiger charge is -2.33. The third kappa shape index (κ3) is 5.36. The Morgan fingerprint density at radius 3 is 2.78 bits per heavy atom. The Kier molecular flexibility index (Phi) is 6.96. The Morgan fingerprint density at radius 1 is 1.30 bits per heavy atom. The molecule has 0 aliphatic carbocycles. The average molecular weight is 387 g/mol. The molecule has 1 fully saturated rings. The summed E-state index contributed by atoms with van der Waals surface area (Å²) in [7, 11) is 4.17. The van der Waals surface area contributed by atoms with Gasteiger partial charge in [-0.1, -0.05) is 12.1 Å². The number of carbonyl (C=O) groups excluding carboxylic acids is 1. The molecule has 2 aromatic rings. The number of aromatic nitrogens is 2. The Balaban J connectivity index is 1.62. The molecule has 1 aromatic carbocycles. The molecule has 3 rings (SSSR count). The SMILES string of the molecule is CSc1ccc(CC(=O)N2CCC[C@H](c3nccn3CCN(C)C)C2)cc1. The van der Waals surface area contributed by atoms with Crippen molar-refractivity contribution >= 4 is 17.7 Å². The molecular formula is C21H30N4OS. The van der Waals surface area contributed by atoms with Crippen molar-refractivity contribution in [2.24, 2.45) is 0 Å². The summed E-state index contributed by atoms with van der Waals surface area (Å²) in [4.78, 5) is 22.9. The lowest BCUT2D eigenvalue weighted by molar-refractivity contribution is -0.131. The zero-order valence-electron chi connectivity index (χ0n) is 16.6. The maximum absolute atomic E-state index is 12.8. The molecule has 0 saturated carbocycles. The molecule has 5 nitrogen and oxygen atoms in total. The van der Waals surface area contributed by atoms with Gasteiger partial charge in [-0.15, -0.1) is 11.8 Å². The first kappa shape index (κ1) is 20.0. The smallest absolute Gasteiger partial charge is 0.227 e. The van der Waals surface area contributed by atoms with Crippen LogP contribution in [0.2, 0.25) is 0 Å². The highest BCUT2D eigenvalue weighted by Crippen LogP contribution is 2.26. The molecule has 0 radical (unpaired) electrons. The predicted octanol–water partition coefficient (Wildman–Crippen LogP) is 3.12. The Labute approximate surface area is 166 Å². The number of imidazole rings is 1. The molecule has 1 saturated heterocycles. The molecule has 27 heavy (non-hydrogen) atoms. The summed E-state index contributed by atoms with van der Waals surface area (Å²) in [5.74, 6) is 1.68. The van der Waals surface area contributed by atoms with Gasteiger partial charge >= 0.3 is 0 Å². The van der Waals surface area contributed by atoms with Crippen molar-refractivity contribution in [1.29, 1.82) is 0 Å². The van der Waals surface area contributed by atoms with Gasteiger partial charge in [0.05, 0.1) is 6.42 Å². The van der Waals surface area contributed by atoms with E-state index in [9.17, 15) is 4.79 Å². The molecule has 2 heterocycles. The van der Waals surface area contributed by atoms with Crippen molar-refractivity contribution in [2.45, 2.75) is 36.6 Å². The fraction of sp³-hybridized carbons (Fsp3) is 0.524. The van der Waals surface area contributed by atoms with Gasteiger partial charge in [-0.25, -0.2) is 4.98 Å². The van der Waals surface area contributed by atoms with E-state index in [1.807, 2.05) is 11.1 Å². The van der Waals surface area contributed by atoms with Crippen LogP contribution in [0.5, 0.6) is 0 Å². The predicted molar refractivity (Wildman–Crippen MR) is 111 cm³/mol. The number of amides is 1. The van der Waals surface area contributed by atoms with E-state index in [1.165, 1.54) is 4.90 Å². The van der Waals surface area contributed by atoms with Crippen LogP contribution in [0.4, 0.5) is 0 Å². The topological polar surface area (TPSA) is 41.4 Å². The summed E-state index contributed by atoms with van der Waals surface area (Å²) in [5.41, 5.74) is 1.09. The van der Waals surface area contributed by atoms with Gasteiger partial charge in [0.25, 0.3) is 0 Å². The van der Waals surface area contributed by atoms with Crippen LogP contribution in [0.15, 0.2) is 41.6 Å². The van der Waals surface area contributed by atoms with Gasteiger partial charge < -0.3 is 14.4 Å². The molecule has 6 heteroatoms. The lowest BCUT2D eigenvalue weighted by Crippen LogP contribution is -2.40. The maximum Gasteiger partial charge on any atom is 0.227 e. The Morgan fingerprint density at radius 2 is 2.07 bits per heavy atom. The van der Waals surface area contributed by atoms with Gasteiger partial charge in [-0.3, -0.25) is 4.79 Å². The summed E-state index contributed by atoms with van der Waals surface area (Å²) in [5, 5.41) is 0. The van der Waals surface area contributed by atoms with E-state index < -0.39 is 0 Å². The highest BCUT2D eigenvalue weighted by molar-refractivity contribution is 7.98. The highest BCUT2D eigenvalue weighted by atomic mass is 32.2. The van der Waals surface area contributed by atoms with E-state index in [0.717, 1.165) is 50.4 Å². The largest absolute Gasteiger partial charge is 0.342 e. The molecule has 1 atom stereocenters. The quantitative estimate of drug-likeness (QED) is 0.686. The average Bonchev–Trinajstić information content (AvgIpc) is 3.15. The number of likely N-dealkylation sites (tertiary alicyclic amines) is 1. The molecule has 1 aromatic heterocycles. The van der Waals surface area contributed by atoms with E-state index in [1.54, 1.807) is 11.8 Å². The van der Waals surface area contributed by atoms with Crippen LogP contribution < -0.4 is 0 Å². The lowest BCUT2D eigenvalue weighted by atomic mass is 9.96. The zero-order valence-corrected chi connectivity index (χ0v) is 17.4. The third-order valence-electron chi connectivity index (χ3n) is 5.19. The molecule has 0 N–H and O–H groups in total. The van der Waals surface area contributed by atoms with E-state index >= 15 is 0 Å². The molecule has 0 unspecified atom stereocenters. The molecule has 0 spiro atoms. The highest BCUT2D eigenvalue weighted by Gasteiger charge is 2.27. The van der Waals surface area contributed by atoms with Crippen LogP contribution in [0, 0.1) is 0 Å². The van der Waals surface area contributed by atoms with Crippen LogP contribution >= 0.6 is 11.8 Å². The minimum absolute atomic E-state index is 0.225. The molecular weight excluding hydrogens is 356 g/mol. The number of likely N-dealkylation sites (N-methyl/N-ethyl adjacent to an activating group) is 1. The number of carbonyl (C=O) groups is 1. The number of nitrogens with zero attached hydrogens (tertiary/aromatic N) is 4. The van der Waals surface area contributed by atoms with Crippen molar-refractivity contribution < 1.29 is 4.79 Å². The van der Waals surface area contributed by atoms with Gasteiger partial charge in [-0.05, 0) is 50.9 Å². The number of benzene rings is 1. The number of piperidine rings is 1. The first-order valence-electron chi connectivity index (χ1n) is 9.63. The summed E-state index contributed by atoms with van der Waals surface area (Å²) < 4.78 is 2.25. The van der Waals surface area contributed by atoms with Gasteiger partial charge in [0.2, 0.25) is 5.91 Å². The second-order valence-electron chi connectivity index (χ2n) is 7.49. The molecule has 0 bridgehead atoms. The third-order valence-corrected chi connectivity index (χ3v) is 5.93. The summed E-state index contributed by atoms with van der Waals surface area (Å²) in [6, 6.07) is 8.32. The number of thioether (sulfide) groups is 1. The Hall–Kier alpha value is -1.79. The van der Waals surface area contributed by atoms with Gasteiger partial charge in [-0.2, -0.15) is 0 Å². The molecule has 146 valence electrons. The first-order chi connectivity index (χ1) is 13.1. The normalized spacial score (nSPS) is 17.5. The second kappa shape index (κ2) is 9.42. The standard InChI is InChI=1S/C21H30N4OS/c1-23(2)13-14-24-12-10-22-21(24)18-5-4-11-25(16-18)20(26)15-17-6-8-19(27-3)9-7-17/h6-10,12,18H,4-5,11,13-16H2,1-3H3/t18-/m0/s1. The van der Waals surface area contributed by atoms with Crippen molar-refractivity contribution in [2.75, 3.05) is 40.0 Å². The van der Waals surface area contributed by atoms with Crippen molar-refractivity contribution in [1.82, 2.24) is 19.4 Å². The van der Waals surface area contributed by atoms with E-state index in [2.05, 4.69) is 65.3 Å². The Bertz CT molecular complexity index is 741. The number of hydrogen-bond donors (Lipinski definition) is 0. The van der Waals surface area contributed by atoms with Crippen molar-refractivity contribution in [3.05, 3.63) is 48.0 Å². The second-order valence-corrected chi connectivity index (χ2v) is 8.37. The summed E-state index contributed by atoms with van der Waals surface area (Å²) >= 11 is 1.72. The van der Waals surface area contributed by atoms with Crippen LogP contribution in [0.1, 0.15) is 30.1 Å². The number of rotatable bonds is 7. The van der Waals surface area contributed by atoms with E-state index in [-0.39, 0.29) is 5.91 Å². The van der Waals surface area contributed by atoms with Crippen molar-refractivity contribution in [3.8, 4) is 0 Å². The van der Waals surface area contributed by atoms with E-state index in [4.69, 9.17) is 0 Å². The maximum atomic E-state index is 12.8. The molecule has 1 aliphatic rings.